The minimum absolute atomic E-state index is 0.0102. The molecule has 0 saturated heterocycles. The molecular formula is C33H43ClN4O2. The average molecular weight is 563 g/mol. The molecule has 0 aliphatic heterocycles. The number of carbonyl (C=O) groups is 2. The monoisotopic (exact) mass is 562 g/mol. The maximum absolute atomic E-state index is 14.0. The predicted octanol–water partition coefficient (Wildman–Crippen LogP) is 7.11. The quantitative estimate of drug-likeness (QED) is 0.256. The number of benzene rings is 2. The van der Waals surface area contributed by atoms with Crippen LogP contribution in [0.1, 0.15) is 69.2 Å². The normalized spacial score (nSPS) is 13.8. The van der Waals surface area contributed by atoms with Crippen molar-refractivity contribution < 1.29 is 9.59 Å². The van der Waals surface area contributed by atoms with Crippen molar-refractivity contribution in [3.8, 4) is 0 Å². The van der Waals surface area contributed by atoms with Gasteiger partial charge in [-0.2, -0.15) is 0 Å². The largest absolute Gasteiger partial charge is 0.345 e. The molecule has 1 aromatic heterocycles. The molecule has 1 saturated carbocycles. The van der Waals surface area contributed by atoms with Crippen LogP contribution >= 0.6 is 11.6 Å². The molecule has 6 nitrogen and oxygen atoms in total. The first-order valence-electron chi connectivity index (χ1n) is 14.6. The van der Waals surface area contributed by atoms with E-state index < -0.39 is 0 Å². The van der Waals surface area contributed by atoms with Gasteiger partial charge in [0.1, 0.15) is 6.54 Å². The standard InChI is InChI=1S/C33H43ClN4O2/c1-26(2)19-21-37(33(40)35-22-27-12-5-3-6-13-27)25-32(39)38(29-15-7-4-8-16-29)24-30-17-11-20-36(30)23-28-14-9-10-18-31(28)34/h3,5-6,9-14,17-18,20,26,29H,4,7-8,15-16,19,21-25H2,1-2H3,(H,35,40). The molecule has 3 amide bonds. The molecule has 3 aromatic rings. The Kier molecular flexibility index (Phi) is 11.1. The van der Waals surface area contributed by atoms with Crippen molar-refractivity contribution in [2.75, 3.05) is 13.1 Å². The van der Waals surface area contributed by atoms with E-state index in [9.17, 15) is 9.59 Å². The van der Waals surface area contributed by atoms with Crippen LogP contribution in [0.4, 0.5) is 4.79 Å². The minimum Gasteiger partial charge on any atom is -0.345 e. The smallest absolute Gasteiger partial charge is 0.318 e. The van der Waals surface area contributed by atoms with Crippen molar-refractivity contribution in [2.45, 2.75) is 78.0 Å². The van der Waals surface area contributed by atoms with Gasteiger partial charge in [0.2, 0.25) is 5.91 Å². The number of urea groups is 1. The molecule has 1 aliphatic carbocycles. The van der Waals surface area contributed by atoms with Crippen LogP contribution in [0.5, 0.6) is 0 Å². The van der Waals surface area contributed by atoms with Crippen LogP contribution in [0.15, 0.2) is 72.9 Å². The summed E-state index contributed by atoms with van der Waals surface area (Å²) in [6.45, 7) is 6.52. The van der Waals surface area contributed by atoms with Crippen molar-refractivity contribution in [3.05, 3.63) is 94.8 Å². The van der Waals surface area contributed by atoms with Gasteiger partial charge in [-0.3, -0.25) is 4.79 Å². The minimum atomic E-state index is -0.191. The molecule has 1 fully saturated rings. The van der Waals surface area contributed by atoms with E-state index in [1.54, 1.807) is 4.90 Å². The fourth-order valence-electron chi connectivity index (χ4n) is 5.35. The van der Waals surface area contributed by atoms with Crippen molar-refractivity contribution in [1.29, 1.82) is 0 Å². The fraction of sp³-hybridized carbons (Fsp3) is 0.455. The molecule has 0 atom stereocenters. The number of nitrogens with one attached hydrogen (secondary N) is 1. The second kappa shape index (κ2) is 14.9. The summed E-state index contributed by atoms with van der Waals surface area (Å²) < 4.78 is 2.17. The highest BCUT2D eigenvalue weighted by molar-refractivity contribution is 6.31. The van der Waals surface area contributed by atoms with E-state index in [1.165, 1.54) is 6.42 Å². The van der Waals surface area contributed by atoms with Crippen molar-refractivity contribution in [1.82, 2.24) is 19.7 Å². The zero-order valence-electron chi connectivity index (χ0n) is 23.9. The van der Waals surface area contributed by atoms with Crippen molar-refractivity contribution in [2.24, 2.45) is 5.92 Å². The first kappa shape index (κ1) is 29.7. The first-order valence-corrected chi connectivity index (χ1v) is 15.0. The van der Waals surface area contributed by atoms with Crippen LogP contribution in [0.25, 0.3) is 0 Å². The van der Waals surface area contributed by atoms with Gasteiger partial charge in [-0.15, -0.1) is 0 Å². The van der Waals surface area contributed by atoms with E-state index in [1.807, 2.05) is 71.8 Å². The van der Waals surface area contributed by atoms with E-state index >= 15 is 0 Å². The second-order valence-corrected chi connectivity index (χ2v) is 11.7. The van der Waals surface area contributed by atoms with E-state index in [4.69, 9.17) is 11.6 Å². The molecular weight excluding hydrogens is 520 g/mol. The third-order valence-electron chi connectivity index (χ3n) is 7.77. The van der Waals surface area contributed by atoms with Crippen LogP contribution < -0.4 is 5.32 Å². The Labute approximate surface area is 244 Å². The van der Waals surface area contributed by atoms with Crippen molar-refractivity contribution in [3.63, 3.8) is 0 Å². The maximum atomic E-state index is 14.0. The maximum Gasteiger partial charge on any atom is 0.318 e. The summed E-state index contributed by atoms with van der Waals surface area (Å²) in [6.07, 6.45) is 8.37. The summed E-state index contributed by atoms with van der Waals surface area (Å²) in [5, 5.41) is 3.77. The number of hydrogen-bond acceptors (Lipinski definition) is 2. The Morgan fingerprint density at radius 3 is 2.42 bits per heavy atom. The van der Waals surface area contributed by atoms with Crippen LogP contribution in [0.3, 0.4) is 0 Å². The molecule has 7 heteroatoms. The van der Waals surface area contributed by atoms with Crippen LogP contribution in [0.2, 0.25) is 5.02 Å². The number of aromatic nitrogens is 1. The molecule has 1 aliphatic rings. The topological polar surface area (TPSA) is 57.6 Å². The van der Waals surface area contributed by atoms with Crippen molar-refractivity contribution >= 4 is 23.5 Å². The summed E-state index contributed by atoms with van der Waals surface area (Å²) in [5.41, 5.74) is 3.15. The summed E-state index contributed by atoms with van der Waals surface area (Å²) in [6, 6.07) is 21.9. The van der Waals surface area contributed by atoms with Gasteiger partial charge in [0.15, 0.2) is 0 Å². The Morgan fingerprint density at radius 2 is 1.70 bits per heavy atom. The van der Waals surface area contributed by atoms with E-state index in [2.05, 4.69) is 29.8 Å². The Morgan fingerprint density at radius 1 is 0.975 bits per heavy atom. The molecule has 0 bridgehead atoms. The third-order valence-corrected chi connectivity index (χ3v) is 8.14. The SMILES string of the molecule is CC(C)CCN(CC(=O)N(Cc1cccn1Cc1ccccc1Cl)C1CCCCC1)C(=O)NCc1ccccc1. The summed E-state index contributed by atoms with van der Waals surface area (Å²) in [5.74, 6) is 0.443. The number of amides is 3. The number of rotatable bonds is 12. The van der Waals surface area contributed by atoms with Gasteiger partial charge in [0.25, 0.3) is 0 Å². The Bertz CT molecular complexity index is 1220. The molecule has 1 N–H and O–H groups in total. The summed E-state index contributed by atoms with van der Waals surface area (Å²) in [4.78, 5) is 31.0. The van der Waals surface area contributed by atoms with E-state index in [0.717, 1.165) is 53.9 Å². The molecule has 1 heterocycles. The number of halogens is 1. The highest BCUT2D eigenvalue weighted by Crippen LogP contribution is 2.25. The second-order valence-electron chi connectivity index (χ2n) is 11.3. The number of hydrogen-bond donors (Lipinski definition) is 1. The Balaban J connectivity index is 1.50. The van der Waals surface area contributed by atoms with Gasteiger partial charge in [-0.25, -0.2) is 4.79 Å². The summed E-state index contributed by atoms with van der Waals surface area (Å²) in [7, 11) is 0. The molecule has 4 rings (SSSR count). The molecule has 0 unspecified atom stereocenters. The molecule has 0 radical (unpaired) electrons. The highest BCUT2D eigenvalue weighted by Gasteiger charge is 2.29. The lowest BCUT2D eigenvalue weighted by atomic mass is 9.94. The molecule has 2 aromatic carbocycles. The van der Waals surface area contributed by atoms with Gasteiger partial charge >= 0.3 is 6.03 Å². The molecule has 214 valence electrons. The fourth-order valence-corrected chi connectivity index (χ4v) is 5.55. The van der Waals surface area contributed by atoms with Gasteiger partial charge in [-0.05, 0) is 54.5 Å². The molecule has 0 spiro atoms. The lowest BCUT2D eigenvalue weighted by molar-refractivity contribution is -0.135. The van der Waals surface area contributed by atoms with Crippen LogP contribution in [-0.2, 0) is 24.4 Å². The highest BCUT2D eigenvalue weighted by atomic mass is 35.5. The predicted molar refractivity (Wildman–Crippen MR) is 162 cm³/mol. The number of nitrogens with zero attached hydrogens (tertiary/aromatic N) is 3. The van der Waals surface area contributed by atoms with E-state index in [0.29, 0.717) is 32.1 Å². The number of carbonyl (C=O) groups excluding carboxylic acids is 2. The van der Waals surface area contributed by atoms with Crippen LogP contribution in [0, 0.1) is 5.92 Å². The van der Waals surface area contributed by atoms with Gasteiger partial charge in [0, 0.05) is 42.6 Å². The van der Waals surface area contributed by atoms with Crippen LogP contribution in [-0.4, -0.2) is 45.4 Å². The van der Waals surface area contributed by atoms with Gasteiger partial charge < -0.3 is 19.7 Å². The zero-order chi connectivity index (χ0) is 28.3. The van der Waals surface area contributed by atoms with E-state index in [-0.39, 0.29) is 24.5 Å². The third kappa shape index (κ3) is 8.62. The lowest BCUT2D eigenvalue weighted by Crippen LogP contribution is -2.50. The Hall–Kier alpha value is -3.25. The van der Waals surface area contributed by atoms with Gasteiger partial charge in [-0.1, -0.05) is 93.2 Å². The van der Waals surface area contributed by atoms with Gasteiger partial charge in [0.05, 0.1) is 6.54 Å². The first-order chi connectivity index (χ1) is 19.4. The lowest BCUT2D eigenvalue weighted by Gasteiger charge is -2.36. The molecule has 40 heavy (non-hydrogen) atoms. The summed E-state index contributed by atoms with van der Waals surface area (Å²) >= 11 is 6.45. The zero-order valence-corrected chi connectivity index (χ0v) is 24.7. The average Bonchev–Trinajstić information content (AvgIpc) is 3.41.